The van der Waals surface area contributed by atoms with Crippen molar-refractivity contribution in [3.8, 4) is 5.75 Å². The quantitative estimate of drug-likeness (QED) is 0.473. The van der Waals surface area contributed by atoms with Crippen molar-refractivity contribution in [2.75, 3.05) is 33.7 Å². The normalized spacial score (nSPS) is 9.95. The summed E-state index contributed by atoms with van der Waals surface area (Å²) in [5, 5.41) is 2.81. The molecular formula is C14H17NO6. The standard InChI is InChI=1S/C14H17NO6/c1-15-8-6-5-7-9(19-2)10(8)12(16)11(13(17)20-3)14(18)21-4/h5-7,11,15H,1-4H3. The summed E-state index contributed by atoms with van der Waals surface area (Å²) in [7, 11) is 5.17. The first-order valence-electron chi connectivity index (χ1n) is 6.06. The number of anilines is 1. The van der Waals surface area contributed by atoms with Gasteiger partial charge in [0.25, 0.3) is 0 Å². The zero-order valence-electron chi connectivity index (χ0n) is 12.3. The monoisotopic (exact) mass is 295 g/mol. The second-order valence-electron chi connectivity index (χ2n) is 3.98. The molecule has 0 radical (unpaired) electrons. The molecule has 0 amide bonds. The fourth-order valence-corrected chi connectivity index (χ4v) is 1.85. The van der Waals surface area contributed by atoms with Gasteiger partial charge in [0.15, 0.2) is 5.78 Å². The first-order valence-corrected chi connectivity index (χ1v) is 6.06. The Kier molecular flexibility index (Phi) is 5.71. The van der Waals surface area contributed by atoms with Gasteiger partial charge in [0.1, 0.15) is 5.75 Å². The van der Waals surface area contributed by atoms with Crippen LogP contribution in [0.2, 0.25) is 0 Å². The Morgan fingerprint density at radius 1 is 1.05 bits per heavy atom. The van der Waals surface area contributed by atoms with Gasteiger partial charge < -0.3 is 19.5 Å². The molecule has 0 spiro atoms. The number of hydrogen-bond acceptors (Lipinski definition) is 7. The van der Waals surface area contributed by atoms with Gasteiger partial charge in [-0.25, -0.2) is 0 Å². The fraction of sp³-hybridized carbons (Fsp3) is 0.357. The van der Waals surface area contributed by atoms with Gasteiger partial charge >= 0.3 is 11.9 Å². The molecule has 7 heteroatoms. The topological polar surface area (TPSA) is 90.9 Å². The van der Waals surface area contributed by atoms with Gasteiger partial charge in [-0.3, -0.25) is 14.4 Å². The van der Waals surface area contributed by atoms with Crippen LogP contribution in [0.1, 0.15) is 10.4 Å². The minimum Gasteiger partial charge on any atom is -0.496 e. The lowest BCUT2D eigenvalue weighted by molar-refractivity contribution is -0.155. The number of methoxy groups -OCH3 is 3. The summed E-state index contributed by atoms with van der Waals surface area (Å²) in [5.41, 5.74) is 0.514. The SMILES string of the molecule is CNc1cccc(OC)c1C(=O)C(C(=O)OC)C(=O)OC. The van der Waals surface area contributed by atoms with E-state index in [0.717, 1.165) is 14.2 Å². The number of rotatable bonds is 6. The largest absolute Gasteiger partial charge is 0.496 e. The number of ketones is 1. The van der Waals surface area contributed by atoms with Gasteiger partial charge in [0.2, 0.25) is 5.92 Å². The van der Waals surface area contributed by atoms with Crippen molar-refractivity contribution in [3.05, 3.63) is 23.8 Å². The Bertz CT molecular complexity index is 516. The Morgan fingerprint density at radius 2 is 1.62 bits per heavy atom. The van der Waals surface area contributed by atoms with E-state index in [9.17, 15) is 14.4 Å². The molecule has 0 atom stereocenters. The Morgan fingerprint density at radius 3 is 2.05 bits per heavy atom. The molecule has 0 aliphatic rings. The highest BCUT2D eigenvalue weighted by atomic mass is 16.5. The third kappa shape index (κ3) is 3.31. The highest BCUT2D eigenvalue weighted by Gasteiger charge is 2.39. The van der Waals surface area contributed by atoms with Gasteiger partial charge in [-0.1, -0.05) is 6.07 Å². The molecule has 0 aliphatic heterocycles. The highest BCUT2D eigenvalue weighted by molar-refractivity contribution is 6.23. The maximum atomic E-state index is 12.6. The van der Waals surface area contributed by atoms with Crippen molar-refractivity contribution in [1.29, 1.82) is 0 Å². The van der Waals surface area contributed by atoms with Gasteiger partial charge in [-0.2, -0.15) is 0 Å². The molecule has 1 N–H and O–H groups in total. The molecule has 1 rings (SSSR count). The molecule has 21 heavy (non-hydrogen) atoms. The van der Waals surface area contributed by atoms with Crippen molar-refractivity contribution in [2.45, 2.75) is 0 Å². The van der Waals surface area contributed by atoms with Crippen LogP contribution in [0.3, 0.4) is 0 Å². The number of carbonyl (C=O) groups excluding carboxylic acids is 3. The second kappa shape index (κ2) is 7.28. The maximum Gasteiger partial charge on any atom is 0.328 e. The molecular weight excluding hydrogens is 278 g/mol. The van der Waals surface area contributed by atoms with E-state index in [0.29, 0.717) is 5.69 Å². The van der Waals surface area contributed by atoms with Crippen LogP contribution in [0.4, 0.5) is 5.69 Å². The van der Waals surface area contributed by atoms with Crippen LogP contribution in [-0.2, 0) is 19.1 Å². The van der Waals surface area contributed by atoms with E-state index in [-0.39, 0.29) is 11.3 Å². The predicted octanol–water partition coefficient (Wildman–Crippen LogP) is 0.882. The molecule has 0 saturated heterocycles. The highest BCUT2D eigenvalue weighted by Crippen LogP contribution is 2.29. The molecule has 0 fully saturated rings. The molecule has 0 bridgehead atoms. The number of benzene rings is 1. The lowest BCUT2D eigenvalue weighted by atomic mass is 9.95. The summed E-state index contributed by atoms with van der Waals surface area (Å²) in [5.74, 6) is -4.18. The second-order valence-corrected chi connectivity index (χ2v) is 3.98. The summed E-state index contributed by atoms with van der Waals surface area (Å²) in [6.07, 6.45) is 0. The summed E-state index contributed by atoms with van der Waals surface area (Å²) in [4.78, 5) is 36.0. The minimum atomic E-state index is -1.69. The van der Waals surface area contributed by atoms with Crippen molar-refractivity contribution >= 4 is 23.4 Å². The summed E-state index contributed by atoms with van der Waals surface area (Å²) in [6.45, 7) is 0. The van der Waals surface area contributed by atoms with E-state index in [1.807, 2.05) is 0 Å². The number of hydrogen-bond donors (Lipinski definition) is 1. The fourth-order valence-electron chi connectivity index (χ4n) is 1.85. The molecule has 1 aromatic rings. The molecule has 0 aromatic heterocycles. The van der Waals surface area contributed by atoms with Crippen molar-refractivity contribution < 1.29 is 28.6 Å². The zero-order chi connectivity index (χ0) is 16.0. The average Bonchev–Trinajstić information content (AvgIpc) is 2.53. The van der Waals surface area contributed by atoms with Crippen LogP contribution in [0.15, 0.2) is 18.2 Å². The Labute approximate surface area is 122 Å². The van der Waals surface area contributed by atoms with E-state index in [4.69, 9.17) is 4.74 Å². The van der Waals surface area contributed by atoms with Crippen molar-refractivity contribution in [2.24, 2.45) is 5.92 Å². The average molecular weight is 295 g/mol. The molecule has 114 valence electrons. The molecule has 1 aromatic carbocycles. The van der Waals surface area contributed by atoms with Crippen LogP contribution < -0.4 is 10.1 Å². The Balaban J connectivity index is 3.39. The van der Waals surface area contributed by atoms with E-state index in [1.54, 1.807) is 25.2 Å². The van der Waals surface area contributed by atoms with Crippen LogP contribution in [0.5, 0.6) is 5.75 Å². The van der Waals surface area contributed by atoms with Crippen molar-refractivity contribution in [1.82, 2.24) is 0 Å². The summed E-state index contributed by atoms with van der Waals surface area (Å²) in [6, 6.07) is 4.85. The first kappa shape index (κ1) is 16.5. The summed E-state index contributed by atoms with van der Waals surface area (Å²) >= 11 is 0. The molecule has 7 nitrogen and oxygen atoms in total. The minimum absolute atomic E-state index is 0.0864. The first-order chi connectivity index (χ1) is 10.0. The van der Waals surface area contributed by atoms with Gasteiger partial charge in [0, 0.05) is 12.7 Å². The number of carbonyl (C=O) groups is 3. The van der Waals surface area contributed by atoms with Crippen molar-refractivity contribution in [3.63, 3.8) is 0 Å². The van der Waals surface area contributed by atoms with Crippen LogP contribution in [0, 0.1) is 5.92 Å². The van der Waals surface area contributed by atoms with Gasteiger partial charge in [0.05, 0.1) is 26.9 Å². The summed E-state index contributed by atoms with van der Waals surface area (Å²) < 4.78 is 14.1. The van der Waals surface area contributed by atoms with Gasteiger partial charge in [-0.05, 0) is 12.1 Å². The Hall–Kier alpha value is -2.57. The maximum absolute atomic E-state index is 12.6. The van der Waals surface area contributed by atoms with Crippen LogP contribution in [-0.4, -0.2) is 46.1 Å². The molecule has 0 heterocycles. The van der Waals surface area contributed by atoms with E-state index < -0.39 is 23.6 Å². The third-order valence-corrected chi connectivity index (χ3v) is 2.90. The molecule has 0 saturated carbocycles. The number of nitrogens with one attached hydrogen (secondary N) is 1. The number of ether oxygens (including phenoxy) is 3. The van der Waals surface area contributed by atoms with E-state index >= 15 is 0 Å². The van der Waals surface area contributed by atoms with E-state index in [1.165, 1.54) is 7.11 Å². The number of Topliss-reactive ketones (excluding diaryl/α,β-unsaturated/α-hetero) is 1. The molecule has 0 unspecified atom stereocenters. The van der Waals surface area contributed by atoms with Crippen LogP contribution in [0.25, 0.3) is 0 Å². The van der Waals surface area contributed by atoms with Crippen LogP contribution >= 0.6 is 0 Å². The predicted molar refractivity (Wildman–Crippen MR) is 74.4 cm³/mol. The lowest BCUT2D eigenvalue weighted by Gasteiger charge is -2.16. The molecule has 0 aliphatic carbocycles. The number of esters is 2. The third-order valence-electron chi connectivity index (χ3n) is 2.90. The van der Waals surface area contributed by atoms with Gasteiger partial charge in [-0.15, -0.1) is 0 Å². The van der Waals surface area contributed by atoms with E-state index in [2.05, 4.69) is 14.8 Å². The zero-order valence-corrected chi connectivity index (χ0v) is 12.3. The lowest BCUT2D eigenvalue weighted by Crippen LogP contribution is -2.34. The smallest absolute Gasteiger partial charge is 0.328 e.